The average Bonchev–Trinajstić information content (AvgIpc) is 2.47. The fourth-order valence-corrected chi connectivity index (χ4v) is 1.70. The van der Waals surface area contributed by atoms with Gasteiger partial charge in [-0.05, 0) is 11.8 Å². The summed E-state index contributed by atoms with van der Waals surface area (Å²) in [6.45, 7) is 6.36. The van der Waals surface area contributed by atoms with Gasteiger partial charge in [-0.3, -0.25) is 9.59 Å². The lowest BCUT2D eigenvalue weighted by atomic mass is 9.99. The van der Waals surface area contributed by atoms with Crippen molar-refractivity contribution >= 4 is 17.8 Å². The van der Waals surface area contributed by atoms with Crippen LogP contribution in [0.2, 0.25) is 0 Å². The molecule has 128 valence electrons. The predicted octanol–water partition coefficient (Wildman–Crippen LogP) is -0.938. The fraction of sp³-hybridized carbons (Fsp3) is 0.786. The van der Waals surface area contributed by atoms with Crippen LogP contribution in [-0.4, -0.2) is 52.7 Å². The molecule has 4 atom stereocenters. The molecule has 0 aliphatic heterocycles. The van der Waals surface area contributed by atoms with Crippen molar-refractivity contribution < 1.29 is 24.6 Å². The number of aliphatic carboxylic acids is 1. The minimum absolute atomic E-state index is 0.130. The smallest absolute Gasteiger partial charge is 0.326 e. The average molecular weight is 317 g/mol. The fourth-order valence-electron chi connectivity index (χ4n) is 1.70. The highest BCUT2D eigenvalue weighted by Crippen LogP contribution is 2.08. The molecule has 2 amide bonds. The van der Waals surface area contributed by atoms with Crippen LogP contribution >= 0.6 is 0 Å². The third-order valence-electron chi connectivity index (χ3n) is 3.61. The van der Waals surface area contributed by atoms with Crippen LogP contribution in [-0.2, 0) is 14.4 Å². The maximum Gasteiger partial charge on any atom is 0.326 e. The van der Waals surface area contributed by atoms with Crippen LogP contribution < -0.4 is 16.4 Å². The number of carboxylic acids is 1. The molecule has 0 aromatic rings. The van der Waals surface area contributed by atoms with E-state index in [1.54, 1.807) is 27.7 Å². The van der Waals surface area contributed by atoms with Crippen molar-refractivity contribution in [2.24, 2.45) is 17.6 Å². The summed E-state index contributed by atoms with van der Waals surface area (Å²) in [5.74, 6) is -2.90. The first-order valence-corrected chi connectivity index (χ1v) is 7.35. The van der Waals surface area contributed by atoms with Crippen LogP contribution in [0.1, 0.15) is 34.1 Å². The topological polar surface area (TPSA) is 142 Å². The van der Waals surface area contributed by atoms with Gasteiger partial charge in [0.05, 0.1) is 12.6 Å². The maximum atomic E-state index is 12.0. The Balaban J connectivity index is 4.84. The first kappa shape index (κ1) is 20.3. The standard InChI is InChI=1S/C14H27N3O5/c1-5-8(4)11(14(21)22)17-12(19)9(6-18)16-13(20)10(15)7(2)3/h7-11,18H,5-6,15H2,1-4H3,(H,16,20)(H,17,19)(H,21,22). The normalized spacial score (nSPS) is 16.5. The third-order valence-corrected chi connectivity index (χ3v) is 3.61. The second-order valence-electron chi connectivity index (χ2n) is 5.72. The van der Waals surface area contributed by atoms with Gasteiger partial charge >= 0.3 is 5.97 Å². The summed E-state index contributed by atoms with van der Waals surface area (Å²) in [6, 6.07) is -3.13. The van der Waals surface area contributed by atoms with Gasteiger partial charge < -0.3 is 26.6 Å². The van der Waals surface area contributed by atoms with Gasteiger partial charge in [-0.25, -0.2) is 4.79 Å². The monoisotopic (exact) mass is 317 g/mol. The molecule has 0 aliphatic carbocycles. The number of carbonyl (C=O) groups is 3. The molecule has 0 aromatic heterocycles. The number of nitrogens with two attached hydrogens (primary N) is 1. The number of hydrogen-bond acceptors (Lipinski definition) is 5. The van der Waals surface area contributed by atoms with Gasteiger partial charge in [0.2, 0.25) is 11.8 Å². The quantitative estimate of drug-likeness (QED) is 0.372. The van der Waals surface area contributed by atoms with E-state index in [1.807, 2.05) is 0 Å². The van der Waals surface area contributed by atoms with Gasteiger partial charge in [0.25, 0.3) is 0 Å². The summed E-state index contributed by atoms with van der Waals surface area (Å²) in [6.07, 6.45) is 0.561. The Morgan fingerprint density at radius 1 is 1.09 bits per heavy atom. The third kappa shape index (κ3) is 5.98. The van der Waals surface area contributed by atoms with E-state index in [1.165, 1.54) is 0 Å². The summed E-state index contributed by atoms with van der Waals surface area (Å²) in [7, 11) is 0. The highest BCUT2D eigenvalue weighted by atomic mass is 16.4. The second-order valence-corrected chi connectivity index (χ2v) is 5.72. The van der Waals surface area contributed by atoms with Crippen molar-refractivity contribution in [1.29, 1.82) is 0 Å². The van der Waals surface area contributed by atoms with Gasteiger partial charge in [-0.1, -0.05) is 34.1 Å². The van der Waals surface area contributed by atoms with Crippen molar-refractivity contribution in [3.05, 3.63) is 0 Å². The molecule has 0 aromatic carbocycles. The SMILES string of the molecule is CCC(C)C(NC(=O)C(CO)NC(=O)C(N)C(C)C)C(=O)O. The number of carbonyl (C=O) groups excluding carboxylic acids is 2. The number of nitrogens with one attached hydrogen (secondary N) is 2. The van der Waals surface area contributed by atoms with Crippen molar-refractivity contribution in [2.45, 2.75) is 52.2 Å². The zero-order valence-corrected chi connectivity index (χ0v) is 13.5. The van der Waals surface area contributed by atoms with E-state index in [-0.39, 0.29) is 11.8 Å². The molecule has 0 fully saturated rings. The zero-order chi connectivity index (χ0) is 17.4. The Kier molecular flexibility index (Phi) is 8.66. The Morgan fingerprint density at radius 3 is 2.00 bits per heavy atom. The van der Waals surface area contributed by atoms with Crippen molar-refractivity contribution in [2.75, 3.05) is 6.61 Å². The Bertz CT molecular complexity index is 400. The van der Waals surface area contributed by atoms with Gasteiger partial charge in [0.15, 0.2) is 0 Å². The second kappa shape index (κ2) is 9.37. The highest BCUT2D eigenvalue weighted by molar-refractivity contribution is 5.91. The van der Waals surface area contributed by atoms with E-state index in [9.17, 15) is 19.5 Å². The lowest BCUT2D eigenvalue weighted by molar-refractivity contribution is -0.144. The maximum absolute atomic E-state index is 12.0. The predicted molar refractivity (Wildman–Crippen MR) is 80.9 cm³/mol. The Labute approximate surface area is 130 Å². The molecule has 22 heavy (non-hydrogen) atoms. The Hall–Kier alpha value is -1.67. The summed E-state index contributed by atoms with van der Waals surface area (Å²) in [5.41, 5.74) is 5.66. The van der Waals surface area contributed by atoms with Crippen molar-refractivity contribution in [3.8, 4) is 0 Å². The lowest BCUT2D eigenvalue weighted by Gasteiger charge is -2.24. The molecule has 0 saturated carbocycles. The van der Waals surface area contributed by atoms with Crippen molar-refractivity contribution in [1.82, 2.24) is 10.6 Å². The van der Waals surface area contributed by atoms with Gasteiger partial charge in [-0.15, -0.1) is 0 Å². The van der Waals surface area contributed by atoms with Crippen LogP contribution in [0.25, 0.3) is 0 Å². The minimum Gasteiger partial charge on any atom is -0.480 e. The minimum atomic E-state index is -1.23. The van der Waals surface area contributed by atoms with Crippen LogP contribution in [0.3, 0.4) is 0 Å². The highest BCUT2D eigenvalue weighted by Gasteiger charge is 2.30. The Morgan fingerprint density at radius 2 is 1.64 bits per heavy atom. The van der Waals surface area contributed by atoms with E-state index in [2.05, 4.69) is 10.6 Å². The van der Waals surface area contributed by atoms with Crippen LogP contribution in [0.15, 0.2) is 0 Å². The van der Waals surface area contributed by atoms with Crippen molar-refractivity contribution in [3.63, 3.8) is 0 Å². The number of aliphatic hydroxyl groups is 1. The number of amides is 2. The molecule has 6 N–H and O–H groups in total. The summed E-state index contributed by atoms with van der Waals surface area (Å²) >= 11 is 0. The molecule has 4 unspecified atom stereocenters. The largest absolute Gasteiger partial charge is 0.480 e. The number of carboxylic acid groups (broad SMARTS) is 1. The van der Waals surface area contributed by atoms with E-state index in [4.69, 9.17) is 10.8 Å². The molecule has 0 heterocycles. The number of rotatable bonds is 9. The molecular weight excluding hydrogens is 290 g/mol. The zero-order valence-electron chi connectivity index (χ0n) is 13.5. The summed E-state index contributed by atoms with van der Waals surface area (Å²) in [4.78, 5) is 35.1. The molecule has 0 aliphatic rings. The molecule has 0 radical (unpaired) electrons. The molecule has 0 spiro atoms. The number of aliphatic hydroxyl groups excluding tert-OH is 1. The molecule has 8 heteroatoms. The van der Waals surface area contributed by atoms with Crippen LogP contribution in [0, 0.1) is 11.8 Å². The number of hydrogen-bond donors (Lipinski definition) is 5. The molecule has 0 saturated heterocycles. The first-order chi connectivity index (χ1) is 10.1. The van der Waals surface area contributed by atoms with Gasteiger partial charge in [0, 0.05) is 0 Å². The van der Waals surface area contributed by atoms with Crippen LogP contribution in [0.4, 0.5) is 0 Å². The first-order valence-electron chi connectivity index (χ1n) is 7.35. The van der Waals surface area contributed by atoms with E-state index >= 15 is 0 Å². The lowest BCUT2D eigenvalue weighted by Crippen LogP contribution is -2.57. The van der Waals surface area contributed by atoms with Crippen LogP contribution in [0.5, 0.6) is 0 Å². The molecule has 8 nitrogen and oxygen atoms in total. The van der Waals surface area contributed by atoms with E-state index in [0.29, 0.717) is 6.42 Å². The van der Waals surface area contributed by atoms with Gasteiger partial charge in [0.1, 0.15) is 12.1 Å². The summed E-state index contributed by atoms with van der Waals surface area (Å²) < 4.78 is 0. The molecule has 0 rings (SSSR count). The molecule has 0 bridgehead atoms. The van der Waals surface area contributed by atoms with E-state index in [0.717, 1.165) is 0 Å². The molecular formula is C14H27N3O5. The van der Waals surface area contributed by atoms with E-state index < -0.39 is 42.5 Å². The van der Waals surface area contributed by atoms with Gasteiger partial charge in [-0.2, -0.15) is 0 Å². The summed E-state index contributed by atoms with van der Waals surface area (Å²) in [5, 5.41) is 23.1.